The van der Waals surface area contributed by atoms with Gasteiger partial charge in [0.1, 0.15) is 11.6 Å². The number of carbonyl (C=O) groups is 1. The summed E-state index contributed by atoms with van der Waals surface area (Å²) in [5.41, 5.74) is 1.02. The summed E-state index contributed by atoms with van der Waals surface area (Å²) in [4.78, 5) is 18.6. The van der Waals surface area contributed by atoms with Gasteiger partial charge in [-0.1, -0.05) is 17.7 Å². The summed E-state index contributed by atoms with van der Waals surface area (Å²) in [5, 5.41) is 3.52. The molecule has 0 aliphatic carbocycles. The third-order valence-electron chi connectivity index (χ3n) is 4.03. The second kappa shape index (κ2) is 9.40. The molecule has 0 atom stereocenters. The molecular formula is C19H22ClN3O3. The number of halogens is 1. The highest BCUT2D eigenvalue weighted by Crippen LogP contribution is 2.17. The van der Waals surface area contributed by atoms with Crippen LogP contribution in [0.3, 0.4) is 0 Å². The highest BCUT2D eigenvalue weighted by molar-refractivity contribution is 6.30. The van der Waals surface area contributed by atoms with Crippen LogP contribution >= 0.6 is 11.6 Å². The summed E-state index contributed by atoms with van der Waals surface area (Å²) in [6.07, 6.45) is 2.06. The number of benzene rings is 1. The standard InChI is InChI=1S/C19H22ClN3O3/c20-16-2-1-3-17(13-16)26-9-5-19(24)22-14-15-4-6-21-18(12-15)23-7-10-25-11-8-23/h1-4,6,12-13H,5,7-11,14H2,(H,22,24). The van der Waals surface area contributed by atoms with E-state index in [1.807, 2.05) is 24.3 Å². The summed E-state index contributed by atoms with van der Waals surface area (Å²) in [6, 6.07) is 11.0. The molecule has 0 radical (unpaired) electrons. The topological polar surface area (TPSA) is 63.7 Å². The molecule has 1 fully saturated rings. The third-order valence-corrected chi connectivity index (χ3v) is 4.26. The minimum Gasteiger partial charge on any atom is -0.493 e. The Morgan fingerprint density at radius 3 is 2.92 bits per heavy atom. The minimum absolute atomic E-state index is 0.0586. The maximum absolute atomic E-state index is 12.0. The monoisotopic (exact) mass is 375 g/mol. The van der Waals surface area contributed by atoms with E-state index in [4.69, 9.17) is 21.1 Å². The fourth-order valence-corrected chi connectivity index (χ4v) is 2.82. The lowest BCUT2D eigenvalue weighted by atomic mass is 10.2. The van der Waals surface area contributed by atoms with Crippen molar-refractivity contribution in [2.45, 2.75) is 13.0 Å². The molecule has 3 rings (SSSR count). The van der Waals surface area contributed by atoms with Gasteiger partial charge in [0.2, 0.25) is 5.91 Å². The maximum atomic E-state index is 12.0. The second-order valence-corrected chi connectivity index (χ2v) is 6.39. The van der Waals surface area contributed by atoms with Crippen molar-refractivity contribution in [3.8, 4) is 5.75 Å². The molecule has 138 valence electrons. The number of hydrogen-bond acceptors (Lipinski definition) is 5. The maximum Gasteiger partial charge on any atom is 0.223 e. The van der Waals surface area contributed by atoms with E-state index in [0.29, 0.717) is 23.9 Å². The van der Waals surface area contributed by atoms with Crippen molar-refractivity contribution in [2.75, 3.05) is 37.8 Å². The Bertz CT molecular complexity index is 735. The highest BCUT2D eigenvalue weighted by Gasteiger charge is 2.12. The van der Waals surface area contributed by atoms with Gasteiger partial charge in [-0.05, 0) is 35.9 Å². The van der Waals surface area contributed by atoms with Crippen molar-refractivity contribution >= 4 is 23.3 Å². The van der Waals surface area contributed by atoms with Gasteiger partial charge in [-0.3, -0.25) is 4.79 Å². The number of carbonyl (C=O) groups excluding carboxylic acids is 1. The number of aromatic nitrogens is 1. The van der Waals surface area contributed by atoms with Crippen LogP contribution in [0.15, 0.2) is 42.6 Å². The number of pyridine rings is 1. The molecule has 2 aromatic rings. The van der Waals surface area contributed by atoms with Crippen LogP contribution in [-0.4, -0.2) is 43.8 Å². The summed E-state index contributed by atoms with van der Waals surface area (Å²) >= 11 is 5.90. The summed E-state index contributed by atoms with van der Waals surface area (Å²) in [5.74, 6) is 1.52. The molecule has 0 unspecified atom stereocenters. The molecule has 1 N–H and O–H groups in total. The number of ether oxygens (including phenoxy) is 2. The molecule has 0 spiro atoms. The Kier molecular flexibility index (Phi) is 6.68. The van der Waals surface area contributed by atoms with Crippen LogP contribution in [0.5, 0.6) is 5.75 Å². The number of hydrogen-bond donors (Lipinski definition) is 1. The number of nitrogens with one attached hydrogen (secondary N) is 1. The fraction of sp³-hybridized carbons (Fsp3) is 0.368. The lowest BCUT2D eigenvalue weighted by molar-refractivity contribution is -0.121. The molecule has 0 saturated carbocycles. The summed E-state index contributed by atoms with van der Waals surface area (Å²) in [6.45, 7) is 3.88. The molecule has 1 aromatic heterocycles. The fourth-order valence-electron chi connectivity index (χ4n) is 2.64. The molecule has 7 heteroatoms. The Balaban J connectivity index is 1.42. The summed E-state index contributed by atoms with van der Waals surface area (Å²) in [7, 11) is 0. The Labute approximate surface area is 158 Å². The second-order valence-electron chi connectivity index (χ2n) is 5.95. The van der Waals surface area contributed by atoms with Gasteiger partial charge in [-0.25, -0.2) is 4.98 Å². The van der Waals surface area contributed by atoms with E-state index >= 15 is 0 Å². The van der Waals surface area contributed by atoms with Gasteiger partial charge >= 0.3 is 0 Å². The van der Waals surface area contributed by atoms with Gasteiger partial charge in [-0.15, -0.1) is 0 Å². The van der Waals surface area contributed by atoms with Gasteiger partial charge in [0.15, 0.2) is 0 Å². The van der Waals surface area contributed by atoms with Crippen LogP contribution in [0.25, 0.3) is 0 Å². The number of amides is 1. The third kappa shape index (κ3) is 5.61. The van der Waals surface area contributed by atoms with Crippen molar-refractivity contribution in [2.24, 2.45) is 0 Å². The first-order valence-electron chi connectivity index (χ1n) is 8.63. The molecule has 2 heterocycles. The van der Waals surface area contributed by atoms with Gasteiger partial charge in [0, 0.05) is 30.9 Å². The SMILES string of the molecule is O=C(CCOc1cccc(Cl)c1)NCc1ccnc(N2CCOCC2)c1. The number of rotatable bonds is 7. The first-order chi connectivity index (χ1) is 12.7. The molecule has 6 nitrogen and oxygen atoms in total. The smallest absolute Gasteiger partial charge is 0.223 e. The number of anilines is 1. The average Bonchev–Trinajstić information content (AvgIpc) is 2.67. The van der Waals surface area contributed by atoms with Crippen molar-refractivity contribution < 1.29 is 14.3 Å². The average molecular weight is 376 g/mol. The summed E-state index contributed by atoms with van der Waals surface area (Å²) < 4.78 is 10.9. The lowest BCUT2D eigenvalue weighted by Crippen LogP contribution is -2.36. The van der Waals surface area contributed by atoms with E-state index in [2.05, 4.69) is 15.2 Å². The van der Waals surface area contributed by atoms with Crippen molar-refractivity contribution in [3.63, 3.8) is 0 Å². The van der Waals surface area contributed by atoms with E-state index < -0.39 is 0 Å². The van der Waals surface area contributed by atoms with E-state index in [1.165, 1.54) is 0 Å². The van der Waals surface area contributed by atoms with Crippen LogP contribution in [-0.2, 0) is 16.1 Å². The molecule has 1 aromatic carbocycles. The molecule has 0 bridgehead atoms. The van der Waals surface area contributed by atoms with Crippen LogP contribution < -0.4 is 15.0 Å². The van der Waals surface area contributed by atoms with E-state index in [1.54, 1.807) is 18.3 Å². The van der Waals surface area contributed by atoms with E-state index in [-0.39, 0.29) is 12.3 Å². The van der Waals surface area contributed by atoms with Crippen LogP contribution in [0, 0.1) is 0 Å². The lowest BCUT2D eigenvalue weighted by Gasteiger charge is -2.28. The Morgan fingerprint density at radius 1 is 1.27 bits per heavy atom. The van der Waals surface area contributed by atoms with Gasteiger partial charge in [-0.2, -0.15) is 0 Å². The number of morpholine rings is 1. The van der Waals surface area contributed by atoms with Gasteiger partial charge < -0.3 is 19.7 Å². The van der Waals surface area contributed by atoms with Crippen molar-refractivity contribution in [3.05, 3.63) is 53.2 Å². The molecule has 1 amide bonds. The minimum atomic E-state index is -0.0586. The normalized spacial score (nSPS) is 14.1. The quantitative estimate of drug-likeness (QED) is 0.806. The first kappa shape index (κ1) is 18.5. The zero-order valence-electron chi connectivity index (χ0n) is 14.5. The predicted molar refractivity (Wildman–Crippen MR) is 101 cm³/mol. The van der Waals surface area contributed by atoms with Gasteiger partial charge in [0.05, 0.1) is 26.2 Å². The molecule has 1 aliphatic rings. The van der Waals surface area contributed by atoms with Crippen molar-refractivity contribution in [1.29, 1.82) is 0 Å². The zero-order valence-corrected chi connectivity index (χ0v) is 15.2. The van der Waals surface area contributed by atoms with E-state index in [9.17, 15) is 4.79 Å². The Hall–Kier alpha value is -2.31. The molecule has 26 heavy (non-hydrogen) atoms. The van der Waals surface area contributed by atoms with Gasteiger partial charge in [0.25, 0.3) is 0 Å². The Morgan fingerprint density at radius 2 is 2.12 bits per heavy atom. The largest absolute Gasteiger partial charge is 0.493 e. The first-order valence-corrected chi connectivity index (χ1v) is 9.01. The molecular weight excluding hydrogens is 354 g/mol. The molecule has 1 aliphatic heterocycles. The highest BCUT2D eigenvalue weighted by atomic mass is 35.5. The van der Waals surface area contributed by atoms with Crippen molar-refractivity contribution in [1.82, 2.24) is 10.3 Å². The van der Waals surface area contributed by atoms with Crippen LogP contribution in [0.2, 0.25) is 5.02 Å². The number of nitrogens with zero attached hydrogens (tertiary/aromatic N) is 2. The zero-order chi connectivity index (χ0) is 18.2. The predicted octanol–water partition coefficient (Wildman–Crippen LogP) is 2.66. The molecule has 1 saturated heterocycles. The van der Waals surface area contributed by atoms with Crippen LogP contribution in [0.1, 0.15) is 12.0 Å². The van der Waals surface area contributed by atoms with Crippen LogP contribution in [0.4, 0.5) is 5.82 Å². The van der Waals surface area contributed by atoms with E-state index in [0.717, 1.165) is 37.7 Å².